The smallest absolute Gasteiger partial charge is 0.325 e. The summed E-state index contributed by atoms with van der Waals surface area (Å²) in [6, 6.07) is 14.2. The summed E-state index contributed by atoms with van der Waals surface area (Å²) in [7, 11) is 0. The normalized spacial score (nSPS) is 27.3. The maximum atomic E-state index is 13.6. The van der Waals surface area contributed by atoms with Gasteiger partial charge in [-0.1, -0.05) is 55.7 Å². The average molecular weight is 439 g/mol. The fourth-order valence-corrected chi connectivity index (χ4v) is 5.48. The Hall–Kier alpha value is -2.66. The molecule has 2 fully saturated rings. The Morgan fingerprint density at radius 1 is 1.06 bits per heavy atom. The molecule has 0 saturated heterocycles. The number of hydrogen-bond acceptors (Lipinski definition) is 4. The van der Waals surface area contributed by atoms with E-state index in [4.69, 9.17) is 16.4 Å². The maximum Gasteiger partial charge on any atom is 0.365 e. The van der Waals surface area contributed by atoms with Gasteiger partial charge >= 0.3 is 5.97 Å². The summed E-state index contributed by atoms with van der Waals surface area (Å²) in [4.78, 5) is 31.3. The van der Waals surface area contributed by atoms with Crippen molar-refractivity contribution in [3.8, 4) is 0 Å². The molecule has 2 atom stereocenters. The molecule has 2 aromatic carbocycles. The summed E-state index contributed by atoms with van der Waals surface area (Å²) in [6.45, 7) is 8.29. The van der Waals surface area contributed by atoms with E-state index in [-0.39, 0.29) is 16.7 Å². The average Bonchev–Trinajstić information content (AvgIpc) is 3.05. The molecule has 0 aliphatic heterocycles. The first-order valence-electron chi connectivity index (χ1n) is 10.5. The molecular formula is C25H27ClN2O3. The van der Waals surface area contributed by atoms with Crippen LogP contribution in [0.5, 0.6) is 0 Å². The van der Waals surface area contributed by atoms with E-state index >= 15 is 0 Å². The molecule has 0 radical (unpaired) electrons. The summed E-state index contributed by atoms with van der Waals surface area (Å²) in [6.07, 6.45) is 2.05. The summed E-state index contributed by atoms with van der Waals surface area (Å²) in [5, 5.41) is 8.04. The van der Waals surface area contributed by atoms with Gasteiger partial charge in [-0.05, 0) is 61.1 Å². The van der Waals surface area contributed by atoms with Crippen LogP contribution in [0.4, 0.5) is 5.69 Å². The molecule has 5 nitrogen and oxygen atoms in total. The lowest BCUT2D eigenvalue weighted by atomic mass is 9.64. The highest BCUT2D eigenvalue weighted by molar-refractivity contribution is 6.30. The van der Waals surface area contributed by atoms with Gasteiger partial charge in [0.25, 0.3) is 0 Å². The Balaban J connectivity index is 1.60. The standard InChI is InChI=1S/C25H27ClN2O3/c1-16-14-18(26)10-11-19(16)27-22(30)25-13-12-24(4,23(25,2)3)20(15-25)28-31-21(29)17-8-6-5-7-9-17/h5-11,14H,12-13,15H2,1-4H3,(H,27,30)/b28-20-. The quantitative estimate of drug-likeness (QED) is 0.469. The number of carbonyl (C=O) groups is 2. The van der Waals surface area contributed by atoms with Crippen molar-refractivity contribution in [1.82, 2.24) is 0 Å². The molecule has 1 amide bonds. The molecule has 2 bridgehead atoms. The highest BCUT2D eigenvalue weighted by Gasteiger charge is 2.71. The number of benzene rings is 2. The van der Waals surface area contributed by atoms with Crippen LogP contribution >= 0.6 is 11.6 Å². The highest BCUT2D eigenvalue weighted by Crippen LogP contribution is 2.71. The van der Waals surface area contributed by atoms with E-state index < -0.39 is 11.4 Å². The molecule has 2 unspecified atom stereocenters. The van der Waals surface area contributed by atoms with Crippen molar-refractivity contribution in [3.63, 3.8) is 0 Å². The second-order valence-electron chi connectivity index (χ2n) is 9.41. The summed E-state index contributed by atoms with van der Waals surface area (Å²) in [5.41, 5.74) is 1.61. The Bertz CT molecular complexity index is 1080. The van der Waals surface area contributed by atoms with Gasteiger partial charge in [0.05, 0.1) is 16.7 Å². The van der Waals surface area contributed by atoms with E-state index in [2.05, 4.69) is 31.2 Å². The molecular weight excluding hydrogens is 412 g/mol. The predicted molar refractivity (Wildman–Crippen MR) is 122 cm³/mol. The molecule has 31 heavy (non-hydrogen) atoms. The molecule has 6 heteroatoms. The Morgan fingerprint density at radius 3 is 2.45 bits per heavy atom. The van der Waals surface area contributed by atoms with Gasteiger partial charge in [-0.25, -0.2) is 4.79 Å². The summed E-state index contributed by atoms with van der Waals surface area (Å²) in [5.74, 6) is -0.515. The van der Waals surface area contributed by atoms with E-state index in [9.17, 15) is 9.59 Å². The lowest BCUT2D eigenvalue weighted by Crippen LogP contribution is -2.43. The van der Waals surface area contributed by atoms with Crippen LogP contribution in [-0.4, -0.2) is 17.6 Å². The molecule has 162 valence electrons. The van der Waals surface area contributed by atoms with Gasteiger partial charge in [0.1, 0.15) is 0 Å². The SMILES string of the molecule is Cc1cc(Cl)ccc1NC(=O)C12CCC(C)(/C(=N\OC(=O)c3ccccc3)C1)C2(C)C. The predicted octanol–water partition coefficient (Wildman–Crippen LogP) is 6.02. The second-order valence-corrected chi connectivity index (χ2v) is 9.85. The minimum atomic E-state index is -0.619. The molecule has 0 aromatic heterocycles. The van der Waals surface area contributed by atoms with Gasteiger partial charge in [-0.3, -0.25) is 4.79 Å². The minimum Gasteiger partial charge on any atom is -0.325 e. The third-order valence-corrected chi connectivity index (χ3v) is 8.09. The molecule has 4 rings (SSSR count). The van der Waals surface area contributed by atoms with Crippen molar-refractivity contribution >= 4 is 34.9 Å². The molecule has 0 heterocycles. The van der Waals surface area contributed by atoms with Gasteiger partial charge in [0, 0.05) is 22.5 Å². The monoisotopic (exact) mass is 438 g/mol. The second kappa shape index (κ2) is 7.49. The number of amides is 1. The molecule has 2 aromatic rings. The van der Waals surface area contributed by atoms with Crippen LogP contribution in [0, 0.1) is 23.2 Å². The lowest BCUT2D eigenvalue weighted by molar-refractivity contribution is -0.130. The van der Waals surface area contributed by atoms with Crippen LogP contribution in [0.25, 0.3) is 0 Å². The largest absolute Gasteiger partial charge is 0.365 e. The zero-order valence-electron chi connectivity index (χ0n) is 18.3. The van der Waals surface area contributed by atoms with Crippen LogP contribution in [0.15, 0.2) is 53.7 Å². The zero-order chi connectivity index (χ0) is 22.4. The van der Waals surface area contributed by atoms with Crippen molar-refractivity contribution in [1.29, 1.82) is 0 Å². The molecule has 2 saturated carbocycles. The first-order chi connectivity index (χ1) is 14.6. The third-order valence-electron chi connectivity index (χ3n) is 7.85. The van der Waals surface area contributed by atoms with E-state index in [1.165, 1.54) is 0 Å². The zero-order valence-corrected chi connectivity index (χ0v) is 19.0. The molecule has 0 spiro atoms. The van der Waals surface area contributed by atoms with Gasteiger partial charge in [-0.15, -0.1) is 0 Å². The van der Waals surface area contributed by atoms with E-state index in [1.807, 2.05) is 25.1 Å². The van der Waals surface area contributed by atoms with Crippen LogP contribution in [0.2, 0.25) is 5.02 Å². The van der Waals surface area contributed by atoms with Crippen molar-refractivity contribution in [2.24, 2.45) is 21.4 Å². The van der Waals surface area contributed by atoms with E-state index in [0.29, 0.717) is 17.0 Å². The third kappa shape index (κ3) is 3.26. The lowest BCUT2D eigenvalue weighted by Gasteiger charge is -2.39. The topological polar surface area (TPSA) is 67.8 Å². The number of hydrogen-bond donors (Lipinski definition) is 1. The number of aryl methyl sites for hydroxylation is 1. The molecule has 1 N–H and O–H groups in total. The Kier molecular flexibility index (Phi) is 5.21. The van der Waals surface area contributed by atoms with Gasteiger partial charge < -0.3 is 10.2 Å². The van der Waals surface area contributed by atoms with Crippen molar-refractivity contribution < 1.29 is 14.4 Å². The Labute approximate surface area is 187 Å². The number of carbonyl (C=O) groups excluding carboxylic acids is 2. The first-order valence-corrected chi connectivity index (χ1v) is 10.9. The van der Waals surface area contributed by atoms with E-state index in [0.717, 1.165) is 29.8 Å². The van der Waals surface area contributed by atoms with Crippen molar-refractivity contribution in [3.05, 3.63) is 64.7 Å². The summed E-state index contributed by atoms with van der Waals surface area (Å²) >= 11 is 6.06. The molecule has 2 aliphatic rings. The number of rotatable bonds is 4. The van der Waals surface area contributed by atoms with Crippen LogP contribution in [0.3, 0.4) is 0 Å². The van der Waals surface area contributed by atoms with Crippen LogP contribution < -0.4 is 5.32 Å². The number of anilines is 1. The van der Waals surface area contributed by atoms with Crippen molar-refractivity contribution in [2.75, 3.05) is 5.32 Å². The Morgan fingerprint density at radius 2 is 1.77 bits per heavy atom. The van der Waals surface area contributed by atoms with Crippen LogP contribution in [-0.2, 0) is 9.63 Å². The van der Waals surface area contributed by atoms with Crippen LogP contribution in [0.1, 0.15) is 56.0 Å². The first kappa shape index (κ1) is 21.6. The molecule has 2 aliphatic carbocycles. The minimum absolute atomic E-state index is 0.0220. The summed E-state index contributed by atoms with van der Waals surface area (Å²) < 4.78 is 0. The number of fused-ring (bicyclic) bond motifs is 2. The highest BCUT2D eigenvalue weighted by atomic mass is 35.5. The fraction of sp³-hybridized carbons (Fsp3) is 0.400. The van der Waals surface area contributed by atoms with Gasteiger partial charge in [0.15, 0.2) is 0 Å². The fourth-order valence-electron chi connectivity index (χ4n) is 5.26. The maximum absolute atomic E-state index is 13.6. The number of nitrogens with one attached hydrogen (secondary N) is 1. The van der Waals surface area contributed by atoms with Gasteiger partial charge in [0.2, 0.25) is 5.91 Å². The van der Waals surface area contributed by atoms with E-state index in [1.54, 1.807) is 30.3 Å². The number of oxime groups is 1. The number of halogens is 1. The van der Waals surface area contributed by atoms with Crippen molar-refractivity contribution in [2.45, 2.75) is 47.0 Å². The van der Waals surface area contributed by atoms with Gasteiger partial charge in [-0.2, -0.15) is 0 Å². The number of nitrogens with zero attached hydrogens (tertiary/aromatic N) is 1.